The van der Waals surface area contributed by atoms with E-state index in [0.29, 0.717) is 12.8 Å². The lowest BCUT2D eigenvalue weighted by molar-refractivity contribution is -0.140. The topological polar surface area (TPSA) is 57.5 Å². The Kier molecular flexibility index (Phi) is 4.37. The van der Waals surface area contributed by atoms with Gasteiger partial charge in [-0.25, -0.2) is 0 Å². The summed E-state index contributed by atoms with van der Waals surface area (Å²) in [5, 5.41) is 19.6. The number of aliphatic hydroxyl groups is 2. The van der Waals surface area contributed by atoms with Gasteiger partial charge in [0.2, 0.25) is 0 Å². The van der Waals surface area contributed by atoms with Crippen LogP contribution in [0.2, 0.25) is 0 Å². The van der Waals surface area contributed by atoms with Crippen LogP contribution in [0.15, 0.2) is 11.6 Å². The van der Waals surface area contributed by atoms with Gasteiger partial charge in [0.15, 0.2) is 0 Å². The average Bonchev–Trinajstić information content (AvgIpc) is 2.23. The molecular weight excluding hydrogens is 228 g/mol. The van der Waals surface area contributed by atoms with Gasteiger partial charge < -0.3 is 10.2 Å². The number of aliphatic hydroxyl groups excluding tert-OH is 1. The first-order valence-electron chi connectivity index (χ1n) is 6.28. The van der Waals surface area contributed by atoms with Crippen molar-refractivity contribution in [1.29, 1.82) is 0 Å². The lowest BCUT2D eigenvalue weighted by Crippen LogP contribution is -2.53. The minimum Gasteiger partial charge on any atom is -0.392 e. The highest BCUT2D eigenvalue weighted by Crippen LogP contribution is 2.45. The lowest BCUT2D eigenvalue weighted by Gasteiger charge is -2.46. The lowest BCUT2D eigenvalue weighted by atomic mass is 9.60. The van der Waals surface area contributed by atoms with Crippen LogP contribution >= 0.6 is 0 Å². The molecule has 0 aromatic rings. The monoisotopic (exact) mass is 250 g/mol. The molecule has 3 nitrogen and oxygen atoms in total. The van der Waals surface area contributed by atoms with E-state index >= 15 is 0 Å². The van der Waals surface area contributed by atoms with E-state index in [1.807, 2.05) is 20.8 Å². The van der Waals surface area contributed by atoms with Crippen molar-refractivity contribution in [3.8, 4) is 11.8 Å². The van der Waals surface area contributed by atoms with Crippen molar-refractivity contribution in [2.75, 3.05) is 6.61 Å². The van der Waals surface area contributed by atoms with Gasteiger partial charge in [0, 0.05) is 24.2 Å². The van der Waals surface area contributed by atoms with E-state index < -0.39 is 11.0 Å². The minimum absolute atomic E-state index is 0.0592. The van der Waals surface area contributed by atoms with E-state index in [4.69, 9.17) is 5.11 Å². The summed E-state index contributed by atoms with van der Waals surface area (Å²) >= 11 is 0. The molecule has 0 saturated heterocycles. The fourth-order valence-electron chi connectivity index (χ4n) is 2.53. The van der Waals surface area contributed by atoms with Gasteiger partial charge in [0.05, 0.1) is 6.61 Å². The maximum Gasteiger partial charge on any atom is 0.134 e. The van der Waals surface area contributed by atoms with Crippen molar-refractivity contribution >= 4 is 5.78 Å². The highest BCUT2D eigenvalue weighted by Gasteiger charge is 2.51. The van der Waals surface area contributed by atoms with Gasteiger partial charge in [-0.15, -0.1) is 0 Å². The number of hydrogen-bond acceptors (Lipinski definition) is 3. The third kappa shape index (κ3) is 2.82. The smallest absolute Gasteiger partial charge is 0.134 e. The maximum atomic E-state index is 11.6. The molecule has 18 heavy (non-hydrogen) atoms. The molecule has 0 amide bonds. The van der Waals surface area contributed by atoms with E-state index in [0.717, 1.165) is 5.57 Å². The van der Waals surface area contributed by atoms with Crippen molar-refractivity contribution in [3.05, 3.63) is 11.6 Å². The second-order valence-electron chi connectivity index (χ2n) is 5.79. The van der Waals surface area contributed by atoms with Crippen molar-refractivity contribution in [2.45, 2.75) is 46.1 Å². The Morgan fingerprint density at radius 3 is 2.67 bits per heavy atom. The fourth-order valence-corrected chi connectivity index (χ4v) is 2.53. The number of hydrogen-bond donors (Lipinski definition) is 2. The zero-order valence-electron chi connectivity index (χ0n) is 11.6. The molecule has 0 unspecified atom stereocenters. The van der Waals surface area contributed by atoms with Crippen LogP contribution in [0.3, 0.4) is 0 Å². The Balaban J connectivity index is 3.09. The van der Waals surface area contributed by atoms with Crippen LogP contribution in [0.25, 0.3) is 0 Å². The van der Waals surface area contributed by atoms with E-state index in [1.54, 1.807) is 13.0 Å². The number of allylic oxidation sites excluding steroid dienone is 1. The first-order valence-corrected chi connectivity index (χ1v) is 6.28. The Bertz CT molecular complexity index is 423. The molecule has 0 bridgehead atoms. The largest absolute Gasteiger partial charge is 0.392 e. The number of carbonyl (C=O) groups excluding carboxylic acids is 1. The molecule has 1 aliphatic rings. The predicted molar refractivity (Wildman–Crippen MR) is 70.8 cm³/mol. The molecule has 1 fully saturated rings. The number of ketones is 1. The van der Waals surface area contributed by atoms with Crippen molar-refractivity contribution in [3.63, 3.8) is 0 Å². The molecule has 1 saturated carbocycles. The molecule has 0 aromatic heterocycles. The first-order chi connectivity index (χ1) is 8.23. The first kappa shape index (κ1) is 14.9. The summed E-state index contributed by atoms with van der Waals surface area (Å²) in [7, 11) is 0. The second kappa shape index (κ2) is 5.26. The third-order valence-corrected chi connectivity index (χ3v) is 3.77. The molecule has 1 aliphatic carbocycles. The Morgan fingerprint density at radius 2 is 2.17 bits per heavy atom. The fraction of sp³-hybridized carbons (Fsp3) is 0.667. The highest BCUT2D eigenvalue weighted by atomic mass is 16.3. The normalized spacial score (nSPS) is 31.8. The van der Waals surface area contributed by atoms with Gasteiger partial charge in [0.1, 0.15) is 11.4 Å². The SMILES string of the molecule is C/C(C#C[C@]1(O)[C@H](C)CC(=O)CC1(C)C)=C/CO. The molecule has 1 rings (SSSR count). The summed E-state index contributed by atoms with van der Waals surface area (Å²) in [5.41, 5.74) is -0.981. The molecule has 2 atom stereocenters. The molecule has 3 heteroatoms. The van der Waals surface area contributed by atoms with E-state index in [2.05, 4.69) is 11.8 Å². The Hall–Kier alpha value is -1.11. The van der Waals surface area contributed by atoms with Gasteiger partial charge in [-0.3, -0.25) is 4.79 Å². The summed E-state index contributed by atoms with van der Waals surface area (Å²) in [6.07, 6.45) is 2.32. The van der Waals surface area contributed by atoms with Crippen LogP contribution in [0.4, 0.5) is 0 Å². The maximum absolute atomic E-state index is 11.6. The van der Waals surface area contributed by atoms with Gasteiger partial charge in [0.25, 0.3) is 0 Å². The average molecular weight is 250 g/mol. The van der Waals surface area contributed by atoms with Gasteiger partial charge in [-0.05, 0) is 18.6 Å². The second-order valence-corrected chi connectivity index (χ2v) is 5.79. The Morgan fingerprint density at radius 1 is 1.56 bits per heavy atom. The number of carbonyl (C=O) groups is 1. The van der Waals surface area contributed by atoms with Crippen molar-refractivity contribution in [2.24, 2.45) is 11.3 Å². The molecule has 0 heterocycles. The predicted octanol–water partition coefficient (Wildman–Crippen LogP) is 1.68. The van der Waals surface area contributed by atoms with Gasteiger partial charge >= 0.3 is 0 Å². The van der Waals surface area contributed by atoms with Crippen LogP contribution in [0.1, 0.15) is 40.5 Å². The van der Waals surface area contributed by atoms with Crippen LogP contribution in [0.5, 0.6) is 0 Å². The van der Waals surface area contributed by atoms with Crippen LogP contribution in [0, 0.1) is 23.2 Å². The van der Waals surface area contributed by atoms with Crippen molar-refractivity contribution < 1.29 is 15.0 Å². The summed E-state index contributed by atoms with van der Waals surface area (Å²) in [4.78, 5) is 11.6. The standard InChI is InChI=1S/C15H22O3/c1-11(6-8-16)5-7-15(18)12(2)9-13(17)10-14(15,3)4/h6,12,16,18H,8-10H2,1-4H3/b11-6-/t12-,15+/m1/s1. The molecule has 0 aliphatic heterocycles. The summed E-state index contributed by atoms with van der Waals surface area (Å²) in [5.74, 6) is 5.81. The highest BCUT2D eigenvalue weighted by molar-refractivity contribution is 5.81. The minimum atomic E-state index is -1.16. The Labute approximate surface area is 109 Å². The quantitative estimate of drug-likeness (QED) is 0.696. The summed E-state index contributed by atoms with van der Waals surface area (Å²) in [6.45, 7) is 7.34. The van der Waals surface area contributed by atoms with E-state index in [1.165, 1.54) is 0 Å². The zero-order valence-corrected chi connectivity index (χ0v) is 11.6. The molecule has 100 valence electrons. The molecular formula is C15H22O3. The van der Waals surface area contributed by atoms with Gasteiger partial charge in [-0.2, -0.15) is 0 Å². The number of Topliss-reactive ketones (excluding diaryl/α,β-unsaturated/α-hetero) is 1. The zero-order chi connectivity index (χ0) is 14.0. The third-order valence-electron chi connectivity index (χ3n) is 3.77. The molecule has 2 N–H and O–H groups in total. The summed E-state index contributed by atoms with van der Waals surface area (Å²) < 4.78 is 0. The van der Waals surface area contributed by atoms with E-state index in [-0.39, 0.29) is 18.3 Å². The van der Waals surface area contributed by atoms with Crippen LogP contribution in [-0.4, -0.2) is 28.2 Å². The van der Waals surface area contributed by atoms with Crippen molar-refractivity contribution in [1.82, 2.24) is 0 Å². The van der Waals surface area contributed by atoms with Crippen LogP contribution in [-0.2, 0) is 4.79 Å². The molecule has 0 spiro atoms. The molecule has 0 aromatic carbocycles. The van der Waals surface area contributed by atoms with Gasteiger partial charge in [-0.1, -0.05) is 32.6 Å². The number of rotatable bonds is 1. The summed E-state index contributed by atoms with van der Waals surface area (Å²) in [6, 6.07) is 0. The molecule has 0 radical (unpaired) electrons. The van der Waals surface area contributed by atoms with E-state index in [9.17, 15) is 9.90 Å². The van der Waals surface area contributed by atoms with Crippen LogP contribution < -0.4 is 0 Å².